The molecule has 0 bridgehead atoms. The molecule has 0 N–H and O–H groups in total. The number of fused-ring (bicyclic) bond motifs is 1. The second kappa shape index (κ2) is 3.14. The van der Waals surface area contributed by atoms with Gasteiger partial charge in [-0.25, -0.2) is 9.97 Å². The monoisotopic (exact) mass is 222 g/mol. The van der Waals surface area contributed by atoms with E-state index in [0.717, 1.165) is 5.66 Å². The van der Waals surface area contributed by atoms with E-state index in [9.17, 15) is 4.79 Å². The van der Waals surface area contributed by atoms with Crippen LogP contribution in [-0.4, -0.2) is 24.5 Å². The second-order valence-electron chi connectivity index (χ2n) is 3.85. The van der Waals surface area contributed by atoms with Crippen molar-refractivity contribution in [2.24, 2.45) is 7.05 Å². The van der Waals surface area contributed by atoms with Crippen molar-refractivity contribution in [3.8, 4) is 0 Å². The van der Waals surface area contributed by atoms with Crippen LogP contribution < -0.4 is 5.56 Å². The fourth-order valence-corrected chi connectivity index (χ4v) is 2.77. The average Bonchev–Trinajstić information content (AvgIpc) is 2.93. The first-order valence-electron chi connectivity index (χ1n) is 4.91. The zero-order chi connectivity index (χ0) is 10.4. The maximum atomic E-state index is 11.9. The molecule has 78 valence electrons. The Morgan fingerprint density at radius 3 is 2.87 bits per heavy atom. The minimum absolute atomic E-state index is 0.00866. The van der Waals surface area contributed by atoms with Gasteiger partial charge in [0.1, 0.15) is 6.33 Å². The maximum absolute atomic E-state index is 11.9. The highest BCUT2D eigenvalue weighted by Gasteiger charge is 2.23. The minimum Gasteiger partial charge on any atom is -0.305 e. The number of nitrogens with zero attached hydrogens (tertiary/aromatic N) is 4. The van der Waals surface area contributed by atoms with Crippen LogP contribution in [0.15, 0.2) is 17.4 Å². The Kier molecular flexibility index (Phi) is 1.89. The van der Waals surface area contributed by atoms with Crippen molar-refractivity contribution in [3.05, 3.63) is 23.0 Å². The number of hydrogen-bond donors (Lipinski definition) is 0. The molecule has 3 rings (SSSR count). The van der Waals surface area contributed by atoms with Gasteiger partial charge in [-0.05, 0) is 27.2 Å². The number of rotatable bonds is 2. The molecule has 1 fully saturated rings. The zero-order valence-electron chi connectivity index (χ0n) is 8.34. The first kappa shape index (κ1) is 9.04. The Hall–Kier alpha value is -1.22. The van der Waals surface area contributed by atoms with E-state index in [1.54, 1.807) is 13.4 Å². The summed E-state index contributed by atoms with van der Waals surface area (Å²) in [6.45, 7) is 0. The van der Waals surface area contributed by atoms with E-state index in [-0.39, 0.29) is 5.56 Å². The maximum Gasteiger partial charge on any atom is 0.279 e. The largest absolute Gasteiger partial charge is 0.305 e. The Balaban J connectivity index is 2.21. The van der Waals surface area contributed by atoms with Crippen LogP contribution in [-0.2, 0) is 7.05 Å². The van der Waals surface area contributed by atoms with Gasteiger partial charge < -0.3 is 8.90 Å². The number of aryl methyl sites for hydroxylation is 1. The van der Waals surface area contributed by atoms with Crippen molar-refractivity contribution in [2.45, 2.75) is 18.5 Å². The van der Waals surface area contributed by atoms with Gasteiger partial charge in [0.05, 0.1) is 6.33 Å². The van der Waals surface area contributed by atoms with Crippen molar-refractivity contribution in [3.63, 3.8) is 0 Å². The van der Waals surface area contributed by atoms with Crippen LogP contribution in [0.2, 0.25) is 0 Å². The molecule has 0 spiro atoms. The predicted molar refractivity (Wildman–Crippen MR) is 59.5 cm³/mol. The number of hydrogen-bond acceptors (Lipinski definition) is 3. The van der Waals surface area contributed by atoms with Crippen LogP contribution in [0, 0.1) is 0 Å². The highest BCUT2D eigenvalue weighted by molar-refractivity contribution is 7.37. The standard InChI is InChI=1S/C9H11N4OP/c1-12-4-10-8-7(9(12)14)13(5-11-8)15-6-2-3-6/h4-6,15H,2-3H2,1H3. The molecule has 2 aromatic rings. The summed E-state index contributed by atoms with van der Waals surface area (Å²) in [6, 6.07) is 0. The van der Waals surface area contributed by atoms with Crippen LogP contribution in [0.4, 0.5) is 0 Å². The van der Waals surface area contributed by atoms with E-state index in [1.165, 1.54) is 23.7 Å². The molecule has 1 unspecified atom stereocenters. The summed E-state index contributed by atoms with van der Waals surface area (Å²) in [5, 5.41) is 0. The van der Waals surface area contributed by atoms with Gasteiger partial charge in [-0.2, -0.15) is 0 Å². The molecule has 5 nitrogen and oxygen atoms in total. The third kappa shape index (κ3) is 1.47. The fraction of sp³-hybridized carbons (Fsp3) is 0.444. The first-order valence-corrected chi connectivity index (χ1v) is 5.93. The van der Waals surface area contributed by atoms with Gasteiger partial charge in [-0.3, -0.25) is 4.79 Å². The molecule has 0 amide bonds. The van der Waals surface area contributed by atoms with Gasteiger partial charge in [-0.1, -0.05) is 0 Å². The highest BCUT2D eigenvalue weighted by atomic mass is 31.1. The molecule has 2 aromatic heterocycles. The first-order chi connectivity index (χ1) is 7.25. The lowest BCUT2D eigenvalue weighted by molar-refractivity contribution is 0.838. The van der Waals surface area contributed by atoms with Gasteiger partial charge in [-0.15, -0.1) is 0 Å². The molecule has 1 atom stereocenters. The number of imidazole rings is 1. The highest BCUT2D eigenvalue weighted by Crippen LogP contribution is 2.40. The lowest BCUT2D eigenvalue weighted by Gasteiger charge is -2.01. The molecule has 6 heteroatoms. The van der Waals surface area contributed by atoms with E-state index >= 15 is 0 Å². The molecule has 0 saturated heterocycles. The molecule has 15 heavy (non-hydrogen) atoms. The lowest BCUT2D eigenvalue weighted by atomic mass is 10.5. The Bertz CT molecular complexity index is 569. The summed E-state index contributed by atoms with van der Waals surface area (Å²) in [6.07, 6.45) is 5.80. The van der Waals surface area contributed by atoms with Crippen LogP contribution in [0.25, 0.3) is 11.2 Å². The van der Waals surface area contributed by atoms with Crippen molar-refractivity contribution in [2.75, 3.05) is 0 Å². The lowest BCUT2D eigenvalue weighted by Crippen LogP contribution is -2.18. The molecular weight excluding hydrogens is 211 g/mol. The van der Waals surface area contributed by atoms with Gasteiger partial charge in [0, 0.05) is 7.05 Å². The Labute approximate surface area is 88.0 Å². The Morgan fingerprint density at radius 2 is 2.13 bits per heavy atom. The van der Waals surface area contributed by atoms with E-state index < -0.39 is 0 Å². The van der Waals surface area contributed by atoms with Crippen LogP contribution in [0.3, 0.4) is 0 Å². The third-order valence-corrected chi connectivity index (χ3v) is 4.08. The second-order valence-corrected chi connectivity index (χ2v) is 5.41. The van der Waals surface area contributed by atoms with Gasteiger partial charge in [0.25, 0.3) is 5.56 Å². The fourth-order valence-electron chi connectivity index (χ4n) is 1.50. The molecule has 1 aliphatic carbocycles. The summed E-state index contributed by atoms with van der Waals surface area (Å²) in [5.74, 6) is 0. The SMILES string of the molecule is Cn1cnc2ncn(PC3CC3)c2c1=O. The molecule has 0 radical (unpaired) electrons. The van der Waals surface area contributed by atoms with Gasteiger partial charge in [0.15, 0.2) is 11.2 Å². The molecule has 1 aliphatic rings. The summed E-state index contributed by atoms with van der Waals surface area (Å²) >= 11 is 0. The molecule has 0 aromatic carbocycles. The topological polar surface area (TPSA) is 52.7 Å². The molecule has 1 saturated carbocycles. The van der Waals surface area contributed by atoms with E-state index in [0.29, 0.717) is 19.9 Å². The smallest absolute Gasteiger partial charge is 0.279 e. The predicted octanol–water partition coefficient (Wildman–Crippen LogP) is 0.734. The summed E-state index contributed by atoms with van der Waals surface area (Å²) in [4.78, 5) is 20.2. The van der Waals surface area contributed by atoms with Crippen LogP contribution in [0.5, 0.6) is 0 Å². The summed E-state index contributed by atoms with van der Waals surface area (Å²) in [7, 11) is 2.36. The van der Waals surface area contributed by atoms with Gasteiger partial charge >= 0.3 is 0 Å². The van der Waals surface area contributed by atoms with Crippen LogP contribution >= 0.6 is 8.73 Å². The van der Waals surface area contributed by atoms with Crippen molar-refractivity contribution >= 4 is 19.9 Å². The van der Waals surface area contributed by atoms with Gasteiger partial charge in [0.2, 0.25) is 0 Å². The van der Waals surface area contributed by atoms with E-state index in [2.05, 4.69) is 9.97 Å². The molecule has 2 heterocycles. The summed E-state index contributed by atoms with van der Waals surface area (Å²) < 4.78 is 3.46. The van der Waals surface area contributed by atoms with Crippen molar-refractivity contribution in [1.29, 1.82) is 0 Å². The molecule has 0 aliphatic heterocycles. The minimum atomic E-state index is -0.00866. The third-order valence-electron chi connectivity index (χ3n) is 2.52. The van der Waals surface area contributed by atoms with E-state index in [4.69, 9.17) is 0 Å². The quantitative estimate of drug-likeness (QED) is 0.704. The Morgan fingerprint density at radius 1 is 1.40 bits per heavy atom. The number of aromatic nitrogens is 4. The zero-order valence-corrected chi connectivity index (χ0v) is 9.34. The normalized spacial score (nSPS) is 16.9. The van der Waals surface area contributed by atoms with E-state index in [1.807, 2.05) is 4.34 Å². The molecular formula is C9H11N4OP. The van der Waals surface area contributed by atoms with Crippen molar-refractivity contribution in [1.82, 2.24) is 18.9 Å². The average molecular weight is 222 g/mol. The summed E-state index contributed by atoms with van der Waals surface area (Å²) in [5.41, 5.74) is 1.95. The van der Waals surface area contributed by atoms with Crippen molar-refractivity contribution < 1.29 is 0 Å². The van der Waals surface area contributed by atoms with Crippen LogP contribution in [0.1, 0.15) is 12.8 Å².